The van der Waals surface area contributed by atoms with Crippen LogP contribution in [0.25, 0.3) is 11.0 Å². The molecule has 0 saturated heterocycles. The van der Waals surface area contributed by atoms with Gasteiger partial charge in [-0.3, -0.25) is 0 Å². The third kappa shape index (κ3) is 1.26. The summed E-state index contributed by atoms with van der Waals surface area (Å²) in [5.74, 6) is 0. The van der Waals surface area contributed by atoms with E-state index in [1.54, 1.807) is 6.26 Å². The molecule has 0 spiro atoms. The second-order valence-electron chi connectivity index (χ2n) is 1.96. The number of fused-ring (bicyclic) bond motifs is 1. The molecule has 10 heavy (non-hydrogen) atoms. The Morgan fingerprint density at radius 1 is 1.00 bits per heavy atom. The molecule has 0 bridgehead atoms. The molecule has 0 N–H and O–H groups in total. The van der Waals surface area contributed by atoms with E-state index in [0.29, 0.717) is 0 Å². The molecule has 2 aromatic rings. The first-order valence-corrected chi connectivity index (χ1v) is 2.89. The summed E-state index contributed by atoms with van der Waals surface area (Å²) in [6.45, 7) is 0. The minimum absolute atomic E-state index is 0. The fourth-order valence-corrected chi connectivity index (χ4v) is 0.906. The Labute approximate surface area is 81.3 Å². The molecule has 0 saturated carbocycles. The molecule has 44 valence electrons. The normalized spacial score (nSPS) is 9.20. The number of rotatable bonds is 0. The first-order valence-electron chi connectivity index (χ1n) is 2.89. The van der Waals surface area contributed by atoms with Gasteiger partial charge in [0, 0.05) is 5.39 Å². The van der Waals surface area contributed by atoms with Crippen molar-refractivity contribution in [3.63, 3.8) is 0 Å². The van der Waals surface area contributed by atoms with Gasteiger partial charge in [0.2, 0.25) is 0 Å². The minimum Gasteiger partial charge on any atom is -0.464 e. The van der Waals surface area contributed by atoms with E-state index in [9.17, 15) is 0 Å². The second-order valence-corrected chi connectivity index (χ2v) is 1.96. The SMILES string of the molecule is [Na+].c1ccc2occc2c1. The van der Waals surface area contributed by atoms with Gasteiger partial charge in [-0.1, -0.05) is 18.2 Å². The molecule has 0 radical (unpaired) electrons. The molecule has 0 aliphatic carbocycles. The van der Waals surface area contributed by atoms with E-state index in [2.05, 4.69) is 0 Å². The molecule has 0 atom stereocenters. The molecule has 2 heteroatoms. The average molecular weight is 141 g/mol. The van der Waals surface area contributed by atoms with Crippen LogP contribution in [0.1, 0.15) is 0 Å². The molecular weight excluding hydrogens is 135 g/mol. The van der Waals surface area contributed by atoms with Crippen molar-refractivity contribution in [2.45, 2.75) is 0 Å². The zero-order chi connectivity index (χ0) is 6.10. The maximum Gasteiger partial charge on any atom is 1.00 e. The van der Waals surface area contributed by atoms with E-state index in [1.807, 2.05) is 30.3 Å². The quantitative estimate of drug-likeness (QED) is 0.448. The number of hydrogen-bond donors (Lipinski definition) is 0. The summed E-state index contributed by atoms with van der Waals surface area (Å²) in [5, 5.41) is 1.16. The zero-order valence-electron chi connectivity index (χ0n) is 5.87. The Balaban J connectivity index is 0.000000500. The van der Waals surface area contributed by atoms with E-state index >= 15 is 0 Å². The Kier molecular flexibility index (Phi) is 2.55. The second kappa shape index (κ2) is 3.24. The molecule has 2 rings (SSSR count). The maximum absolute atomic E-state index is 5.12. The topological polar surface area (TPSA) is 13.1 Å². The van der Waals surface area contributed by atoms with Gasteiger partial charge in [-0.2, -0.15) is 0 Å². The summed E-state index contributed by atoms with van der Waals surface area (Å²) in [6.07, 6.45) is 1.70. The van der Waals surface area contributed by atoms with Crippen molar-refractivity contribution >= 4 is 11.0 Å². The maximum atomic E-state index is 5.12. The van der Waals surface area contributed by atoms with Gasteiger partial charge in [0.1, 0.15) is 5.58 Å². The predicted octanol–water partition coefficient (Wildman–Crippen LogP) is -0.563. The fourth-order valence-electron chi connectivity index (χ4n) is 0.906. The molecule has 1 aromatic heterocycles. The van der Waals surface area contributed by atoms with Crippen LogP contribution in [0.4, 0.5) is 0 Å². The van der Waals surface area contributed by atoms with Crippen molar-refractivity contribution in [2.75, 3.05) is 0 Å². The molecule has 1 aromatic carbocycles. The molecular formula is C8H6NaO+. The third-order valence-corrected chi connectivity index (χ3v) is 1.36. The molecule has 1 nitrogen and oxygen atoms in total. The molecule has 1 heterocycles. The monoisotopic (exact) mass is 141 g/mol. The van der Waals surface area contributed by atoms with Crippen LogP contribution < -0.4 is 29.6 Å². The number of para-hydroxylation sites is 1. The van der Waals surface area contributed by atoms with Crippen molar-refractivity contribution in [1.82, 2.24) is 0 Å². The van der Waals surface area contributed by atoms with Crippen molar-refractivity contribution in [2.24, 2.45) is 0 Å². The predicted molar refractivity (Wildman–Crippen MR) is 36.2 cm³/mol. The van der Waals surface area contributed by atoms with Crippen LogP contribution in [0.15, 0.2) is 41.0 Å². The average Bonchev–Trinajstić information content (AvgIpc) is 2.33. The van der Waals surface area contributed by atoms with Gasteiger partial charge in [0.25, 0.3) is 0 Å². The Morgan fingerprint density at radius 2 is 1.80 bits per heavy atom. The van der Waals surface area contributed by atoms with Crippen molar-refractivity contribution in [1.29, 1.82) is 0 Å². The van der Waals surface area contributed by atoms with E-state index in [1.165, 1.54) is 0 Å². The molecule has 0 aliphatic rings. The Bertz CT molecular complexity index is 283. The van der Waals surface area contributed by atoms with E-state index in [4.69, 9.17) is 4.42 Å². The third-order valence-electron chi connectivity index (χ3n) is 1.36. The summed E-state index contributed by atoms with van der Waals surface area (Å²) in [6, 6.07) is 9.90. The van der Waals surface area contributed by atoms with Gasteiger partial charge in [0.05, 0.1) is 6.26 Å². The number of hydrogen-bond acceptors (Lipinski definition) is 1. The largest absolute Gasteiger partial charge is 1.00 e. The molecule has 0 unspecified atom stereocenters. The Hall–Kier alpha value is -0.240. The van der Waals surface area contributed by atoms with Crippen LogP contribution in [0.3, 0.4) is 0 Å². The van der Waals surface area contributed by atoms with E-state index < -0.39 is 0 Å². The summed E-state index contributed by atoms with van der Waals surface area (Å²) >= 11 is 0. The first kappa shape index (κ1) is 7.86. The van der Waals surface area contributed by atoms with Gasteiger partial charge in [-0.25, -0.2) is 0 Å². The number of benzene rings is 1. The minimum atomic E-state index is 0. The standard InChI is InChI=1S/C8H6O.Na/c1-2-4-8-7(3-1)5-6-9-8;/h1-6H;/q;+1. The Morgan fingerprint density at radius 3 is 2.60 bits per heavy atom. The smallest absolute Gasteiger partial charge is 0.464 e. The first-order chi connectivity index (χ1) is 4.47. The van der Waals surface area contributed by atoms with Crippen LogP contribution in [0.5, 0.6) is 0 Å². The summed E-state index contributed by atoms with van der Waals surface area (Å²) in [5.41, 5.74) is 0.956. The fraction of sp³-hybridized carbons (Fsp3) is 0. The summed E-state index contributed by atoms with van der Waals surface area (Å²) in [4.78, 5) is 0. The van der Waals surface area contributed by atoms with Crippen LogP contribution in [-0.2, 0) is 0 Å². The zero-order valence-corrected chi connectivity index (χ0v) is 7.87. The molecule has 0 aliphatic heterocycles. The van der Waals surface area contributed by atoms with Gasteiger partial charge in [-0.15, -0.1) is 0 Å². The van der Waals surface area contributed by atoms with Crippen LogP contribution in [0.2, 0.25) is 0 Å². The van der Waals surface area contributed by atoms with Gasteiger partial charge < -0.3 is 4.42 Å². The van der Waals surface area contributed by atoms with E-state index in [0.717, 1.165) is 11.0 Å². The molecule has 0 amide bonds. The summed E-state index contributed by atoms with van der Waals surface area (Å²) in [7, 11) is 0. The number of furan rings is 1. The van der Waals surface area contributed by atoms with Crippen LogP contribution in [-0.4, -0.2) is 0 Å². The van der Waals surface area contributed by atoms with E-state index in [-0.39, 0.29) is 29.6 Å². The van der Waals surface area contributed by atoms with Crippen LogP contribution >= 0.6 is 0 Å². The van der Waals surface area contributed by atoms with Gasteiger partial charge >= 0.3 is 29.6 Å². The molecule has 0 fully saturated rings. The van der Waals surface area contributed by atoms with Crippen LogP contribution in [0, 0.1) is 0 Å². The summed E-state index contributed by atoms with van der Waals surface area (Å²) < 4.78 is 5.12. The van der Waals surface area contributed by atoms with Gasteiger partial charge in [0.15, 0.2) is 0 Å². The van der Waals surface area contributed by atoms with Crippen molar-refractivity contribution in [3.8, 4) is 0 Å². The van der Waals surface area contributed by atoms with Crippen molar-refractivity contribution in [3.05, 3.63) is 36.6 Å². The van der Waals surface area contributed by atoms with Crippen molar-refractivity contribution < 1.29 is 34.0 Å². The van der Waals surface area contributed by atoms with Gasteiger partial charge in [-0.05, 0) is 12.1 Å².